The molecule has 0 aliphatic carbocycles. The molecule has 0 N–H and O–H groups in total. The Morgan fingerprint density at radius 2 is 1.62 bits per heavy atom. The molecule has 2 aliphatic rings. The lowest BCUT2D eigenvalue weighted by Crippen LogP contribution is -2.43. The summed E-state index contributed by atoms with van der Waals surface area (Å²) in [7, 11) is 0.579. The standard InChI is InChI=1S/C7H13P/c1-5-3-7-4-6(2)8(5)7/h5-7H,3-4H2,1-2H3. The first-order valence-corrected chi connectivity index (χ1v) is 5.11. The first kappa shape index (κ1) is 5.23. The van der Waals surface area contributed by atoms with Crippen LogP contribution in [-0.2, 0) is 0 Å². The van der Waals surface area contributed by atoms with E-state index in [2.05, 4.69) is 13.8 Å². The summed E-state index contributed by atoms with van der Waals surface area (Å²) in [5.41, 5.74) is 3.51. The van der Waals surface area contributed by atoms with Crippen molar-refractivity contribution in [1.29, 1.82) is 0 Å². The summed E-state index contributed by atoms with van der Waals surface area (Å²) < 4.78 is 0. The van der Waals surface area contributed by atoms with E-state index >= 15 is 0 Å². The Kier molecular flexibility index (Phi) is 0.965. The van der Waals surface area contributed by atoms with Gasteiger partial charge in [-0.3, -0.25) is 0 Å². The molecule has 2 atom stereocenters. The molecule has 2 aliphatic heterocycles. The van der Waals surface area contributed by atoms with Gasteiger partial charge >= 0.3 is 0 Å². The SMILES string of the molecule is CC1CC2CC(C)P12. The van der Waals surface area contributed by atoms with Crippen LogP contribution >= 0.6 is 7.92 Å². The van der Waals surface area contributed by atoms with E-state index in [1.807, 2.05) is 0 Å². The predicted molar refractivity (Wildman–Crippen MR) is 38.9 cm³/mol. The van der Waals surface area contributed by atoms with Crippen LogP contribution in [0.3, 0.4) is 0 Å². The second-order valence-corrected chi connectivity index (χ2v) is 6.66. The van der Waals surface area contributed by atoms with Crippen molar-refractivity contribution in [1.82, 2.24) is 0 Å². The zero-order valence-electron chi connectivity index (χ0n) is 5.59. The minimum atomic E-state index is 0.579. The molecule has 0 aromatic heterocycles. The van der Waals surface area contributed by atoms with Crippen LogP contribution in [-0.4, -0.2) is 17.0 Å². The summed E-state index contributed by atoms with van der Waals surface area (Å²) in [6, 6.07) is 0. The van der Waals surface area contributed by atoms with E-state index in [4.69, 9.17) is 0 Å². The molecule has 46 valence electrons. The van der Waals surface area contributed by atoms with Crippen LogP contribution < -0.4 is 0 Å². The molecular weight excluding hydrogens is 115 g/mol. The number of fused-ring (bicyclic) bond motifs is 1. The summed E-state index contributed by atoms with van der Waals surface area (Å²) in [6.07, 6.45) is 3.13. The Labute approximate surface area is 52.4 Å². The monoisotopic (exact) mass is 128 g/mol. The maximum Gasteiger partial charge on any atom is -0.0193 e. The fourth-order valence-electron chi connectivity index (χ4n) is 2.25. The third kappa shape index (κ3) is 0.454. The van der Waals surface area contributed by atoms with E-state index in [0.717, 1.165) is 11.3 Å². The molecule has 2 fully saturated rings. The predicted octanol–water partition coefficient (Wildman–Crippen LogP) is 2.42. The average Bonchev–Trinajstić information content (AvgIpc) is 1.63. The molecule has 0 bridgehead atoms. The van der Waals surface area contributed by atoms with Crippen molar-refractivity contribution in [3.63, 3.8) is 0 Å². The molecule has 0 nitrogen and oxygen atoms in total. The van der Waals surface area contributed by atoms with Crippen LogP contribution in [0, 0.1) is 0 Å². The van der Waals surface area contributed by atoms with Crippen LogP contribution in [0.2, 0.25) is 0 Å². The van der Waals surface area contributed by atoms with Gasteiger partial charge < -0.3 is 0 Å². The van der Waals surface area contributed by atoms with Crippen molar-refractivity contribution in [2.45, 2.75) is 43.7 Å². The normalized spacial score (nSPS) is 60.8. The Bertz CT molecular complexity index is 92.2. The van der Waals surface area contributed by atoms with Gasteiger partial charge in [-0.25, -0.2) is 0 Å². The zero-order valence-corrected chi connectivity index (χ0v) is 6.49. The first-order chi connectivity index (χ1) is 3.79. The summed E-state index contributed by atoms with van der Waals surface area (Å²) in [6.45, 7) is 4.86. The fraction of sp³-hybridized carbons (Fsp3) is 1.00. The minimum Gasteiger partial charge on any atom is -0.0976 e. The molecule has 2 unspecified atom stereocenters. The highest BCUT2D eigenvalue weighted by atomic mass is 31.1. The van der Waals surface area contributed by atoms with Crippen LogP contribution in [0.15, 0.2) is 0 Å². The van der Waals surface area contributed by atoms with Gasteiger partial charge in [-0.15, -0.1) is 0 Å². The Morgan fingerprint density at radius 1 is 1.12 bits per heavy atom. The third-order valence-corrected chi connectivity index (χ3v) is 6.39. The maximum atomic E-state index is 2.43. The highest BCUT2D eigenvalue weighted by molar-refractivity contribution is 7.63. The van der Waals surface area contributed by atoms with Crippen LogP contribution in [0.25, 0.3) is 0 Å². The van der Waals surface area contributed by atoms with Gasteiger partial charge in [0.05, 0.1) is 0 Å². The van der Waals surface area contributed by atoms with Crippen LogP contribution in [0.4, 0.5) is 0 Å². The molecule has 0 amide bonds. The van der Waals surface area contributed by atoms with Gasteiger partial charge in [-0.1, -0.05) is 21.8 Å². The topological polar surface area (TPSA) is 0 Å². The average molecular weight is 128 g/mol. The van der Waals surface area contributed by atoms with E-state index in [0.29, 0.717) is 7.92 Å². The van der Waals surface area contributed by atoms with Crippen LogP contribution in [0.1, 0.15) is 26.7 Å². The second-order valence-electron chi connectivity index (χ2n) is 3.27. The molecule has 2 saturated heterocycles. The van der Waals surface area contributed by atoms with E-state index in [1.54, 1.807) is 12.8 Å². The van der Waals surface area contributed by atoms with Gasteiger partial charge in [0.1, 0.15) is 0 Å². The molecule has 1 heteroatoms. The molecule has 8 heavy (non-hydrogen) atoms. The van der Waals surface area contributed by atoms with Gasteiger partial charge in [0, 0.05) is 0 Å². The number of rotatable bonds is 0. The fourth-order valence-corrected chi connectivity index (χ4v) is 5.89. The first-order valence-electron chi connectivity index (χ1n) is 3.56. The second kappa shape index (κ2) is 1.48. The lowest BCUT2D eigenvalue weighted by Gasteiger charge is -2.57. The van der Waals surface area contributed by atoms with Crippen molar-refractivity contribution < 1.29 is 0 Å². The van der Waals surface area contributed by atoms with Crippen LogP contribution in [0.5, 0.6) is 0 Å². The largest absolute Gasteiger partial charge is 0.0976 e. The van der Waals surface area contributed by atoms with Gasteiger partial charge in [0.15, 0.2) is 0 Å². The highest BCUT2D eigenvalue weighted by Crippen LogP contribution is 2.72. The van der Waals surface area contributed by atoms with Gasteiger partial charge in [-0.05, 0) is 29.8 Å². The molecule has 0 radical (unpaired) electrons. The molecule has 2 heterocycles. The number of hydrogen-bond donors (Lipinski definition) is 0. The summed E-state index contributed by atoms with van der Waals surface area (Å²) in [4.78, 5) is 0. The lowest BCUT2D eigenvalue weighted by molar-refractivity contribution is 0.537. The Morgan fingerprint density at radius 3 is 1.75 bits per heavy atom. The van der Waals surface area contributed by atoms with Crippen molar-refractivity contribution in [3.8, 4) is 0 Å². The maximum absolute atomic E-state index is 2.43. The minimum absolute atomic E-state index is 0.579. The van der Waals surface area contributed by atoms with Gasteiger partial charge in [0.25, 0.3) is 0 Å². The lowest BCUT2D eigenvalue weighted by atomic mass is 10.1. The molecule has 2 rings (SSSR count). The van der Waals surface area contributed by atoms with E-state index in [-0.39, 0.29) is 0 Å². The zero-order chi connectivity index (χ0) is 5.72. The third-order valence-electron chi connectivity index (χ3n) is 2.67. The smallest absolute Gasteiger partial charge is 0.0193 e. The van der Waals surface area contributed by atoms with Crippen molar-refractivity contribution in [2.24, 2.45) is 0 Å². The van der Waals surface area contributed by atoms with Gasteiger partial charge in [0.2, 0.25) is 0 Å². The Hall–Kier alpha value is 0.430. The van der Waals surface area contributed by atoms with E-state index in [9.17, 15) is 0 Å². The number of hydrogen-bond acceptors (Lipinski definition) is 0. The quantitative estimate of drug-likeness (QED) is 0.439. The van der Waals surface area contributed by atoms with Gasteiger partial charge in [-0.2, -0.15) is 0 Å². The summed E-state index contributed by atoms with van der Waals surface area (Å²) in [5, 5.41) is 0. The molecule has 0 aromatic rings. The molecule has 0 aromatic carbocycles. The van der Waals surface area contributed by atoms with E-state index in [1.165, 1.54) is 5.66 Å². The summed E-state index contributed by atoms with van der Waals surface area (Å²) in [5.74, 6) is 0. The molecule has 0 saturated carbocycles. The highest BCUT2D eigenvalue weighted by Gasteiger charge is 2.48. The Balaban J connectivity index is 1.99. The van der Waals surface area contributed by atoms with Crippen molar-refractivity contribution >= 4 is 7.92 Å². The van der Waals surface area contributed by atoms with E-state index < -0.39 is 0 Å². The molecule has 0 spiro atoms. The van der Waals surface area contributed by atoms with Crippen molar-refractivity contribution in [2.75, 3.05) is 0 Å². The molecular formula is C7H13P. The van der Waals surface area contributed by atoms with Crippen molar-refractivity contribution in [3.05, 3.63) is 0 Å². The summed E-state index contributed by atoms with van der Waals surface area (Å²) >= 11 is 0.